The summed E-state index contributed by atoms with van der Waals surface area (Å²) in [4.78, 5) is 0. The molecule has 1 heterocycles. The van der Waals surface area contributed by atoms with Crippen LogP contribution in [0.3, 0.4) is 0 Å². The molecule has 2 aliphatic rings. The van der Waals surface area contributed by atoms with Crippen LogP contribution in [-0.2, 0) is 4.74 Å². The van der Waals surface area contributed by atoms with Gasteiger partial charge in [0.2, 0.25) is 0 Å². The average Bonchev–Trinajstić information content (AvgIpc) is 2.68. The largest absolute Gasteiger partial charge is 0.378 e. The van der Waals surface area contributed by atoms with E-state index in [4.69, 9.17) is 10.5 Å². The third-order valence-corrected chi connectivity index (χ3v) is 4.45. The standard InChI is InChI=1S/C15H29NO/c1-12(2)9-13-5-3-7-15(16,10-13)11-14-6-4-8-17-14/h12-14H,3-11,16H2,1-2H3. The zero-order chi connectivity index (χ0) is 12.3. The van der Waals surface area contributed by atoms with E-state index in [1.807, 2.05) is 0 Å². The van der Waals surface area contributed by atoms with Crippen LogP contribution in [0.1, 0.15) is 65.2 Å². The smallest absolute Gasteiger partial charge is 0.0593 e. The molecule has 1 aliphatic carbocycles. The number of hydrogen-bond acceptors (Lipinski definition) is 2. The third kappa shape index (κ3) is 3.96. The minimum Gasteiger partial charge on any atom is -0.378 e. The second-order valence-corrected chi connectivity index (χ2v) is 6.79. The van der Waals surface area contributed by atoms with Gasteiger partial charge >= 0.3 is 0 Å². The molecule has 1 saturated heterocycles. The summed E-state index contributed by atoms with van der Waals surface area (Å²) in [5.41, 5.74) is 6.70. The molecule has 1 aliphatic heterocycles. The minimum absolute atomic E-state index is 0.0762. The van der Waals surface area contributed by atoms with Crippen molar-refractivity contribution in [2.45, 2.75) is 76.9 Å². The van der Waals surface area contributed by atoms with Gasteiger partial charge in [0.05, 0.1) is 6.10 Å². The molecule has 0 aromatic heterocycles. The topological polar surface area (TPSA) is 35.2 Å². The van der Waals surface area contributed by atoms with E-state index in [0.717, 1.165) is 24.9 Å². The molecule has 2 nitrogen and oxygen atoms in total. The van der Waals surface area contributed by atoms with Crippen LogP contribution in [0.2, 0.25) is 0 Å². The second-order valence-electron chi connectivity index (χ2n) is 6.79. The Morgan fingerprint density at radius 3 is 2.76 bits per heavy atom. The molecule has 0 aromatic rings. The van der Waals surface area contributed by atoms with E-state index in [1.54, 1.807) is 0 Å². The molecule has 2 N–H and O–H groups in total. The van der Waals surface area contributed by atoms with Gasteiger partial charge in [-0.05, 0) is 50.4 Å². The van der Waals surface area contributed by atoms with Crippen LogP contribution in [0.15, 0.2) is 0 Å². The first-order valence-electron chi connectivity index (χ1n) is 7.48. The van der Waals surface area contributed by atoms with Gasteiger partial charge in [0.25, 0.3) is 0 Å². The molecule has 2 fully saturated rings. The Balaban J connectivity index is 1.85. The van der Waals surface area contributed by atoms with Crippen LogP contribution >= 0.6 is 0 Å². The van der Waals surface area contributed by atoms with Crippen molar-refractivity contribution >= 4 is 0 Å². The maximum absolute atomic E-state index is 6.63. The van der Waals surface area contributed by atoms with Crippen molar-refractivity contribution in [2.24, 2.45) is 17.6 Å². The Hall–Kier alpha value is -0.0800. The van der Waals surface area contributed by atoms with Crippen LogP contribution < -0.4 is 5.73 Å². The van der Waals surface area contributed by atoms with E-state index < -0.39 is 0 Å². The van der Waals surface area contributed by atoms with Crippen LogP contribution in [-0.4, -0.2) is 18.2 Å². The summed E-state index contributed by atoms with van der Waals surface area (Å²) in [6.45, 7) is 5.61. The number of hydrogen-bond donors (Lipinski definition) is 1. The van der Waals surface area contributed by atoms with E-state index in [2.05, 4.69) is 13.8 Å². The summed E-state index contributed by atoms with van der Waals surface area (Å²) >= 11 is 0. The Morgan fingerprint density at radius 2 is 2.12 bits per heavy atom. The van der Waals surface area contributed by atoms with E-state index in [9.17, 15) is 0 Å². The van der Waals surface area contributed by atoms with E-state index in [-0.39, 0.29) is 5.54 Å². The first-order chi connectivity index (χ1) is 8.07. The van der Waals surface area contributed by atoms with Gasteiger partial charge in [-0.1, -0.05) is 26.7 Å². The van der Waals surface area contributed by atoms with Crippen molar-refractivity contribution in [2.75, 3.05) is 6.61 Å². The lowest BCUT2D eigenvalue weighted by molar-refractivity contribution is 0.0650. The Kier molecular flexibility index (Phi) is 4.48. The highest BCUT2D eigenvalue weighted by atomic mass is 16.5. The molecule has 0 spiro atoms. The minimum atomic E-state index is 0.0762. The zero-order valence-electron chi connectivity index (χ0n) is 11.6. The van der Waals surface area contributed by atoms with Crippen molar-refractivity contribution < 1.29 is 4.74 Å². The van der Waals surface area contributed by atoms with Crippen LogP contribution in [0.4, 0.5) is 0 Å². The normalized spacial score (nSPS) is 38.8. The molecule has 0 radical (unpaired) electrons. The summed E-state index contributed by atoms with van der Waals surface area (Å²) < 4.78 is 5.76. The molecular formula is C15H29NO. The summed E-state index contributed by atoms with van der Waals surface area (Å²) in [6.07, 6.45) is 10.5. The maximum atomic E-state index is 6.63. The summed E-state index contributed by atoms with van der Waals surface area (Å²) in [5, 5.41) is 0. The fraction of sp³-hybridized carbons (Fsp3) is 1.00. The SMILES string of the molecule is CC(C)CC1CCCC(N)(CC2CCCO2)C1. The first kappa shape index (κ1) is 13.4. The predicted molar refractivity (Wildman–Crippen MR) is 71.9 cm³/mol. The molecule has 2 heteroatoms. The summed E-state index contributed by atoms with van der Waals surface area (Å²) in [5.74, 6) is 1.67. The monoisotopic (exact) mass is 239 g/mol. The molecule has 0 amide bonds. The van der Waals surface area contributed by atoms with Gasteiger partial charge in [-0.2, -0.15) is 0 Å². The van der Waals surface area contributed by atoms with Gasteiger partial charge in [0.1, 0.15) is 0 Å². The molecular weight excluding hydrogens is 210 g/mol. The van der Waals surface area contributed by atoms with Crippen molar-refractivity contribution in [1.82, 2.24) is 0 Å². The molecule has 3 unspecified atom stereocenters. The van der Waals surface area contributed by atoms with Gasteiger partial charge in [-0.25, -0.2) is 0 Å². The fourth-order valence-electron chi connectivity index (χ4n) is 3.83. The zero-order valence-corrected chi connectivity index (χ0v) is 11.6. The molecule has 0 bridgehead atoms. The second kappa shape index (κ2) is 5.71. The van der Waals surface area contributed by atoms with Gasteiger partial charge in [0, 0.05) is 12.1 Å². The fourth-order valence-corrected chi connectivity index (χ4v) is 3.83. The number of nitrogens with two attached hydrogens (primary N) is 1. The first-order valence-corrected chi connectivity index (χ1v) is 7.48. The van der Waals surface area contributed by atoms with Crippen molar-refractivity contribution in [1.29, 1.82) is 0 Å². The highest BCUT2D eigenvalue weighted by molar-refractivity contribution is 4.93. The van der Waals surface area contributed by atoms with Gasteiger partial charge < -0.3 is 10.5 Å². The number of rotatable bonds is 4. The van der Waals surface area contributed by atoms with Crippen LogP contribution in [0, 0.1) is 11.8 Å². The number of ether oxygens (including phenoxy) is 1. The maximum Gasteiger partial charge on any atom is 0.0593 e. The highest BCUT2D eigenvalue weighted by Crippen LogP contribution is 2.38. The van der Waals surface area contributed by atoms with E-state index >= 15 is 0 Å². The van der Waals surface area contributed by atoms with Crippen LogP contribution in [0.5, 0.6) is 0 Å². The van der Waals surface area contributed by atoms with Crippen molar-refractivity contribution in [3.05, 3.63) is 0 Å². The lowest BCUT2D eigenvalue weighted by Crippen LogP contribution is -2.46. The molecule has 3 atom stereocenters. The lowest BCUT2D eigenvalue weighted by atomic mass is 9.71. The molecule has 17 heavy (non-hydrogen) atoms. The molecule has 2 rings (SSSR count). The van der Waals surface area contributed by atoms with E-state index in [1.165, 1.54) is 44.9 Å². The Morgan fingerprint density at radius 1 is 1.29 bits per heavy atom. The van der Waals surface area contributed by atoms with E-state index in [0.29, 0.717) is 6.10 Å². The summed E-state index contributed by atoms with van der Waals surface area (Å²) in [7, 11) is 0. The van der Waals surface area contributed by atoms with Gasteiger partial charge in [-0.15, -0.1) is 0 Å². The predicted octanol–water partition coefficient (Wildman–Crippen LogP) is 3.49. The third-order valence-electron chi connectivity index (χ3n) is 4.45. The van der Waals surface area contributed by atoms with Crippen molar-refractivity contribution in [3.63, 3.8) is 0 Å². The van der Waals surface area contributed by atoms with Crippen molar-refractivity contribution in [3.8, 4) is 0 Å². The average molecular weight is 239 g/mol. The lowest BCUT2D eigenvalue weighted by Gasteiger charge is -2.40. The Bertz CT molecular complexity index is 235. The Labute approximate surface area is 106 Å². The molecule has 1 saturated carbocycles. The van der Waals surface area contributed by atoms with Gasteiger partial charge in [0.15, 0.2) is 0 Å². The molecule has 0 aromatic carbocycles. The van der Waals surface area contributed by atoms with Gasteiger partial charge in [-0.3, -0.25) is 0 Å². The van der Waals surface area contributed by atoms with Crippen LogP contribution in [0.25, 0.3) is 0 Å². The summed E-state index contributed by atoms with van der Waals surface area (Å²) in [6, 6.07) is 0. The molecule has 100 valence electrons. The highest BCUT2D eigenvalue weighted by Gasteiger charge is 2.35. The quantitative estimate of drug-likeness (QED) is 0.815.